The Kier molecular flexibility index (Phi) is 5.92. The molecule has 168 valence electrons. The van der Waals surface area contributed by atoms with Gasteiger partial charge in [-0.25, -0.2) is 4.79 Å². The lowest BCUT2D eigenvalue weighted by Crippen LogP contribution is -2.11. The van der Waals surface area contributed by atoms with Crippen LogP contribution in [0.1, 0.15) is 10.6 Å². The van der Waals surface area contributed by atoms with Crippen LogP contribution in [0.5, 0.6) is 0 Å². The second-order valence-electron chi connectivity index (χ2n) is 7.42. The van der Waals surface area contributed by atoms with E-state index in [1.807, 2.05) is 12.1 Å². The van der Waals surface area contributed by atoms with Gasteiger partial charge in [-0.05, 0) is 54.6 Å². The number of hydrogen-bond acceptors (Lipinski definition) is 4. The van der Waals surface area contributed by atoms with E-state index in [4.69, 9.17) is 43.6 Å². The maximum Gasteiger partial charge on any atom is 0.344 e. The second kappa shape index (κ2) is 9.03. The summed E-state index contributed by atoms with van der Waals surface area (Å²) in [4.78, 5) is 25.2. The molecule has 2 heterocycles. The predicted octanol–water partition coefficient (Wildman–Crippen LogP) is 7.93. The summed E-state index contributed by atoms with van der Waals surface area (Å²) >= 11 is 18.7. The SMILES string of the molecule is O=C(Nc1ccc(-c2cc3ccccc3oc2=O)c(Cl)c1)c1ccc(-c2cc(Cl)ccc2Cl)o1. The zero-order valence-electron chi connectivity index (χ0n) is 17.3. The molecule has 2 aromatic heterocycles. The quantitative estimate of drug-likeness (QED) is 0.249. The smallest absolute Gasteiger partial charge is 0.344 e. The fourth-order valence-electron chi connectivity index (χ4n) is 3.54. The molecule has 0 atom stereocenters. The van der Waals surface area contributed by atoms with Gasteiger partial charge in [0.25, 0.3) is 5.91 Å². The number of fused-ring (bicyclic) bond motifs is 1. The number of halogens is 3. The van der Waals surface area contributed by atoms with Crippen molar-refractivity contribution in [3.05, 3.63) is 110 Å². The number of carbonyl (C=O) groups is 1. The van der Waals surface area contributed by atoms with Crippen LogP contribution in [0.15, 0.2) is 92.5 Å². The molecule has 0 aliphatic carbocycles. The van der Waals surface area contributed by atoms with E-state index in [-0.39, 0.29) is 10.8 Å². The molecule has 5 rings (SSSR count). The zero-order chi connectivity index (χ0) is 23.8. The van der Waals surface area contributed by atoms with Gasteiger partial charge in [0, 0.05) is 27.2 Å². The van der Waals surface area contributed by atoms with E-state index >= 15 is 0 Å². The topological polar surface area (TPSA) is 72.5 Å². The highest BCUT2D eigenvalue weighted by Gasteiger charge is 2.16. The van der Waals surface area contributed by atoms with Crippen LogP contribution in [0.2, 0.25) is 15.1 Å². The van der Waals surface area contributed by atoms with Crippen LogP contribution >= 0.6 is 34.8 Å². The Hall–Kier alpha value is -3.51. The first-order chi connectivity index (χ1) is 16.4. The van der Waals surface area contributed by atoms with E-state index < -0.39 is 11.5 Å². The van der Waals surface area contributed by atoms with E-state index in [1.54, 1.807) is 60.7 Å². The van der Waals surface area contributed by atoms with Crippen LogP contribution in [0, 0.1) is 0 Å². The molecule has 5 nitrogen and oxygen atoms in total. The maximum absolute atomic E-state index is 12.7. The largest absolute Gasteiger partial charge is 0.451 e. The Morgan fingerprint density at radius 3 is 2.38 bits per heavy atom. The molecule has 0 radical (unpaired) electrons. The van der Waals surface area contributed by atoms with Gasteiger partial charge in [-0.3, -0.25) is 4.79 Å². The Balaban J connectivity index is 1.39. The molecule has 8 heteroatoms. The Morgan fingerprint density at radius 1 is 0.735 bits per heavy atom. The predicted molar refractivity (Wildman–Crippen MR) is 135 cm³/mol. The maximum atomic E-state index is 12.7. The highest BCUT2D eigenvalue weighted by Crippen LogP contribution is 2.33. The van der Waals surface area contributed by atoms with E-state index in [0.29, 0.717) is 43.8 Å². The third kappa shape index (κ3) is 4.33. The molecule has 0 saturated carbocycles. The first kappa shape index (κ1) is 22.3. The number of anilines is 1. The molecular weight excluding hydrogens is 497 g/mol. The van der Waals surface area contributed by atoms with Crippen molar-refractivity contribution < 1.29 is 13.6 Å². The Bertz CT molecular complexity index is 1620. The van der Waals surface area contributed by atoms with Crippen LogP contribution in [-0.2, 0) is 0 Å². The van der Waals surface area contributed by atoms with Crippen molar-refractivity contribution in [2.24, 2.45) is 0 Å². The number of amides is 1. The minimum Gasteiger partial charge on any atom is -0.451 e. The van der Waals surface area contributed by atoms with Gasteiger partial charge < -0.3 is 14.2 Å². The average molecular weight is 511 g/mol. The highest BCUT2D eigenvalue weighted by atomic mass is 35.5. The first-order valence-electron chi connectivity index (χ1n) is 10.1. The highest BCUT2D eigenvalue weighted by molar-refractivity contribution is 6.35. The minimum atomic E-state index is -0.500. The van der Waals surface area contributed by atoms with Crippen molar-refractivity contribution in [1.29, 1.82) is 0 Å². The summed E-state index contributed by atoms with van der Waals surface area (Å²) in [5, 5.41) is 4.74. The normalized spacial score (nSPS) is 11.0. The number of hydrogen-bond donors (Lipinski definition) is 1. The van der Waals surface area contributed by atoms with Gasteiger partial charge in [0.15, 0.2) is 5.76 Å². The minimum absolute atomic E-state index is 0.0846. The lowest BCUT2D eigenvalue weighted by molar-refractivity contribution is 0.0997. The van der Waals surface area contributed by atoms with Crippen LogP contribution in [0.25, 0.3) is 33.4 Å². The van der Waals surface area contributed by atoms with Gasteiger partial charge in [0.05, 0.1) is 15.6 Å². The van der Waals surface area contributed by atoms with Crippen molar-refractivity contribution in [3.8, 4) is 22.5 Å². The fraction of sp³-hybridized carbons (Fsp3) is 0. The molecule has 0 saturated heterocycles. The van der Waals surface area contributed by atoms with E-state index in [1.165, 1.54) is 6.07 Å². The number of benzene rings is 3. The molecule has 0 bridgehead atoms. The average Bonchev–Trinajstić information content (AvgIpc) is 3.31. The van der Waals surface area contributed by atoms with Crippen molar-refractivity contribution in [2.75, 3.05) is 5.32 Å². The molecule has 5 aromatic rings. The standard InChI is InChI=1S/C26H14Cl3NO4/c27-15-5-8-20(28)19(12-15)23-9-10-24(33-23)25(31)30-16-6-7-17(21(29)13-16)18-11-14-3-1-2-4-22(14)34-26(18)32/h1-13H,(H,30,31). The molecule has 3 aromatic carbocycles. The summed E-state index contributed by atoms with van der Waals surface area (Å²) in [6.07, 6.45) is 0. The van der Waals surface area contributed by atoms with Gasteiger partial charge >= 0.3 is 5.63 Å². The van der Waals surface area contributed by atoms with E-state index in [0.717, 1.165) is 5.39 Å². The summed E-state index contributed by atoms with van der Waals surface area (Å²) in [5.41, 5.74) is 1.83. The summed E-state index contributed by atoms with van der Waals surface area (Å²) in [7, 11) is 0. The van der Waals surface area contributed by atoms with E-state index in [9.17, 15) is 9.59 Å². The monoisotopic (exact) mass is 509 g/mol. The summed E-state index contributed by atoms with van der Waals surface area (Å²) in [6.45, 7) is 0. The number of carbonyl (C=O) groups excluding carboxylic acids is 1. The van der Waals surface area contributed by atoms with Gasteiger partial charge in [-0.2, -0.15) is 0 Å². The van der Waals surface area contributed by atoms with Crippen molar-refractivity contribution >= 4 is 57.4 Å². The van der Waals surface area contributed by atoms with Crippen LogP contribution in [0.4, 0.5) is 5.69 Å². The molecule has 1 N–H and O–H groups in total. The molecule has 1 amide bonds. The van der Waals surface area contributed by atoms with Crippen molar-refractivity contribution in [1.82, 2.24) is 0 Å². The fourth-order valence-corrected chi connectivity index (χ4v) is 4.21. The molecule has 0 spiro atoms. The first-order valence-corrected chi connectivity index (χ1v) is 11.2. The number of nitrogens with one attached hydrogen (secondary N) is 1. The van der Waals surface area contributed by atoms with Gasteiger partial charge in [-0.15, -0.1) is 0 Å². The summed E-state index contributed by atoms with van der Waals surface area (Å²) < 4.78 is 11.1. The summed E-state index contributed by atoms with van der Waals surface area (Å²) in [5.74, 6) is 0.0221. The van der Waals surface area contributed by atoms with Crippen LogP contribution in [-0.4, -0.2) is 5.91 Å². The molecular formula is C26H14Cl3NO4. The van der Waals surface area contributed by atoms with Gasteiger partial charge in [0.2, 0.25) is 0 Å². The molecule has 0 fully saturated rings. The Morgan fingerprint density at radius 2 is 1.56 bits per heavy atom. The number of para-hydroxylation sites is 1. The number of furan rings is 1. The third-order valence-electron chi connectivity index (χ3n) is 5.18. The molecule has 0 unspecified atom stereocenters. The van der Waals surface area contributed by atoms with Gasteiger partial charge in [0.1, 0.15) is 11.3 Å². The lowest BCUT2D eigenvalue weighted by Gasteiger charge is -2.08. The molecule has 0 aliphatic heterocycles. The van der Waals surface area contributed by atoms with Crippen molar-refractivity contribution in [3.63, 3.8) is 0 Å². The van der Waals surface area contributed by atoms with Gasteiger partial charge in [-0.1, -0.05) is 59.1 Å². The lowest BCUT2D eigenvalue weighted by atomic mass is 10.1. The molecule has 34 heavy (non-hydrogen) atoms. The van der Waals surface area contributed by atoms with Crippen molar-refractivity contribution in [2.45, 2.75) is 0 Å². The summed E-state index contributed by atoms with van der Waals surface area (Å²) in [6, 6.07) is 22.0. The number of rotatable bonds is 4. The zero-order valence-corrected chi connectivity index (χ0v) is 19.5. The van der Waals surface area contributed by atoms with Crippen LogP contribution in [0.3, 0.4) is 0 Å². The van der Waals surface area contributed by atoms with E-state index in [2.05, 4.69) is 5.32 Å². The Labute approximate surface area is 208 Å². The second-order valence-corrected chi connectivity index (χ2v) is 8.67. The molecule has 0 aliphatic rings. The van der Waals surface area contributed by atoms with Crippen LogP contribution < -0.4 is 10.9 Å². The third-order valence-corrected chi connectivity index (χ3v) is 6.06.